The summed E-state index contributed by atoms with van der Waals surface area (Å²) in [7, 11) is 3.57. The number of hydrogen-bond donors (Lipinski definition) is 5. The fraction of sp³-hybridized carbons (Fsp3) is 0.600. The van der Waals surface area contributed by atoms with Crippen molar-refractivity contribution in [2.45, 2.75) is 39.3 Å². The van der Waals surface area contributed by atoms with Crippen LogP contribution in [0.1, 0.15) is 27.2 Å². The molecule has 0 amide bonds. The first-order chi connectivity index (χ1) is 11.5. The maximum Gasteiger partial charge on any atom is 0.225 e. The van der Waals surface area contributed by atoms with E-state index in [1.807, 2.05) is 0 Å². The molecule has 132 valence electrons. The van der Waals surface area contributed by atoms with Gasteiger partial charge in [-0.05, 0) is 20.3 Å². The SMILES string of the molecule is CC[C@@H](C)Nc1nc(NC)c2nc(NC[C@@H](C)O)nc(NC)c2n1. The second-order valence-electron chi connectivity index (χ2n) is 5.67. The molecule has 5 N–H and O–H groups in total. The van der Waals surface area contributed by atoms with Crippen molar-refractivity contribution in [2.24, 2.45) is 0 Å². The molecule has 0 fully saturated rings. The highest BCUT2D eigenvalue weighted by atomic mass is 16.3. The predicted molar refractivity (Wildman–Crippen MR) is 97.8 cm³/mol. The molecule has 0 bridgehead atoms. The molecule has 0 aliphatic rings. The zero-order valence-electron chi connectivity index (χ0n) is 14.8. The molecule has 0 unspecified atom stereocenters. The molecular formula is C15H26N8O. The number of aliphatic hydroxyl groups excluding tert-OH is 1. The van der Waals surface area contributed by atoms with Crippen LogP contribution in [-0.4, -0.2) is 57.8 Å². The van der Waals surface area contributed by atoms with Gasteiger partial charge < -0.3 is 26.4 Å². The van der Waals surface area contributed by atoms with Gasteiger partial charge in [-0.15, -0.1) is 0 Å². The molecule has 2 aromatic rings. The third-order valence-electron chi connectivity index (χ3n) is 3.56. The van der Waals surface area contributed by atoms with Crippen LogP contribution in [-0.2, 0) is 0 Å². The van der Waals surface area contributed by atoms with Crippen LogP contribution in [0.3, 0.4) is 0 Å². The van der Waals surface area contributed by atoms with Gasteiger partial charge in [0.1, 0.15) is 11.0 Å². The molecule has 2 rings (SSSR count). The van der Waals surface area contributed by atoms with Gasteiger partial charge in [0.25, 0.3) is 0 Å². The van der Waals surface area contributed by atoms with Crippen LogP contribution in [0, 0.1) is 0 Å². The summed E-state index contributed by atoms with van der Waals surface area (Å²) in [6, 6.07) is 0.262. The lowest BCUT2D eigenvalue weighted by molar-refractivity contribution is 0.208. The number of nitrogens with zero attached hydrogens (tertiary/aromatic N) is 4. The standard InChI is InChI=1S/C15H26N8O/c1-6-8(2)19-15-21-11-10(13(17-5)23-15)20-14(18-7-9(3)24)22-12(11)16-4/h8-9,24H,6-7H2,1-5H3,(H2,16,18,20,22)(H2,17,19,21,23)/t8-,9-/m1/s1. The monoisotopic (exact) mass is 334 g/mol. The lowest BCUT2D eigenvalue weighted by atomic mass is 10.3. The highest BCUT2D eigenvalue weighted by molar-refractivity contribution is 5.94. The summed E-state index contributed by atoms with van der Waals surface area (Å²) in [6.07, 6.45) is 0.470. The van der Waals surface area contributed by atoms with E-state index in [1.165, 1.54) is 0 Å². The fourth-order valence-corrected chi connectivity index (χ4v) is 2.07. The molecule has 24 heavy (non-hydrogen) atoms. The quantitative estimate of drug-likeness (QED) is 0.489. The number of aromatic nitrogens is 4. The minimum absolute atomic E-state index is 0.262. The Bertz CT molecular complexity index is 691. The van der Waals surface area contributed by atoms with E-state index >= 15 is 0 Å². The van der Waals surface area contributed by atoms with Gasteiger partial charge in [0.15, 0.2) is 11.6 Å². The zero-order valence-corrected chi connectivity index (χ0v) is 14.8. The van der Waals surface area contributed by atoms with Crippen LogP contribution in [0.15, 0.2) is 0 Å². The van der Waals surface area contributed by atoms with E-state index in [9.17, 15) is 5.11 Å². The fourth-order valence-electron chi connectivity index (χ4n) is 2.07. The Morgan fingerprint density at radius 2 is 1.46 bits per heavy atom. The number of nitrogens with one attached hydrogen (secondary N) is 4. The Balaban J connectivity index is 2.51. The molecule has 0 saturated carbocycles. The maximum atomic E-state index is 9.42. The Hall–Kier alpha value is -2.42. The molecule has 0 aliphatic heterocycles. The first-order valence-electron chi connectivity index (χ1n) is 8.12. The normalized spacial score (nSPS) is 13.4. The molecule has 0 aliphatic carbocycles. The van der Waals surface area contributed by atoms with Crippen molar-refractivity contribution in [2.75, 3.05) is 41.9 Å². The average molecular weight is 334 g/mol. The van der Waals surface area contributed by atoms with Crippen LogP contribution in [0.25, 0.3) is 11.0 Å². The number of fused-ring (bicyclic) bond motifs is 1. The number of anilines is 4. The van der Waals surface area contributed by atoms with Crippen molar-refractivity contribution in [3.05, 3.63) is 0 Å². The van der Waals surface area contributed by atoms with Crippen molar-refractivity contribution in [3.63, 3.8) is 0 Å². The summed E-state index contributed by atoms with van der Waals surface area (Å²) in [5.74, 6) is 2.16. The van der Waals surface area contributed by atoms with Gasteiger partial charge in [-0.1, -0.05) is 6.92 Å². The lowest BCUT2D eigenvalue weighted by Gasteiger charge is -2.15. The summed E-state index contributed by atoms with van der Waals surface area (Å²) in [6.45, 7) is 6.23. The first kappa shape index (κ1) is 17.9. The topological polar surface area (TPSA) is 120 Å². The molecule has 9 nitrogen and oxygen atoms in total. The van der Waals surface area contributed by atoms with E-state index in [0.29, 0.717) is 41.1 Å². The molecule has 0 aromatic carbocycles. The number of rotatable bonds is 8. The van der Waals surface area contributed by atoms with Gasteiger partial charge in [-0.2, -0.15) is 9.97 Å². The second kappa shape index (κ2) is 7.91. The van der Waals surface area contributed by atoms with E-state index in [-0.39, 0.29) is 6.04 Å². The minimum atomic E-state index is -0.496. The lowest BCUT2D eigenvalue weighted by Crippen LogP contribution is -2.18. The zero-order chi connectivity index (χ0) is 17.7. The molecule has 9 heteroatoms. The van der Waals surface area contributed by atoms with E-state index in [0.717, 1.165) is 6.42 Å². The molecule has 0 radical (unpaired) electrons. The third kappa shape index (κ3) is 4.10. The van der Waals surface area contributed by atoms with E-state index in [2.05, 4.69) is 55.1 Å². The van der Waals surface area contributed by atoms with Crippen LogP contribution in [0.2, 0.25) is 0 Å². The van der Waals surface area contributed by atoms with Crippen LogP contribution >= 0.6 is 0 Å². The highest BCUT2D eigenvalue weighted by Crippen LogP contribution is 2.26. The summed E-state index contributed by atoms with van der Waals surface area (Å²) in [5.41, 5.74) is 1.24. The second-order valence-corrected chi connectivity index (χ2v) is 5.67. The van der Waals surface area contributed by atoms with Crippen molar-refractivity contribution in [1.29, 1.82) is 0 Å². The van der Waals surface area contributed by atoms with E-state index in [4.69, 9.17) is 0 Å². The summed E-state index contributed by atoms with van der Waals surface area (Å²) in [5, 5.41) is 21.8. The third-order valence-corrected chi connectivity index (χ3v) is 3.56. The van der Waals surface area contributed by atoms with Gasteiger partial charge in [0.05, 0.1) is 6.10 Å². The maximum absolute atomic E-state index is 9.42. The van der Waals surface area contributed by atoms with Gasteiger partial charge in [-0.3, -0.25) is 0 Å². The van der Waals surface area contributed by atoms with Gasteiger partial charge >= 0.3 is 0 Å². The Labute approximate surface area is 141 Å². The van der Waals surface area contributed by atoms with Gasteiger partial charge in [0.2, 0.25) is 11.9 Å². The van der Waals surface area contributed by atoms with E-state index < -0.39 is 6.10 Å². The molecule has 2 atom stereocenters. The van der Waals surface area contributed by atoms with Crippen LogP contribution in [0.5, 0.6) is 0 Å². The summed E-state index contributed by atoms with van der Waals surface area (Å²) >= 11 is 0. The Kier molecular flexibility index (Phi) is 5.91. The number of aliphatic hydroxyl groups is 1. The van der Waals surface area contributed by atoms with Crippen molar-refractivity contribution in [1.82, 2.24) is 19.9 Å². The molecule has 2 heterocycles. The smallest absolute Gasteiger partial charge is 0.225 e. The Morgan fingerprint density at radius 3 is 1.96 bits per heavy atom. The predicted octanol–water partition coefficient (Wildman–Crippen LogP) is 1.51. The largest absolute Gasteiger partial charge is 0.392 e. The van der Waals surface area contributed by atoms with E-state index in [1.54, 1.807) is 21.0 Å². The Morgan fingerprint density at radius 1 is 0.917 bits per heavy atom. The van der Waals surface area contributed by atoms with Crippen LogP contribution in [0.4, 0.5) is 23.5 Å². The summed E-state index contributed by atoms with van der Waals surface area (Å²) in [4.78, 5) is 17.9. The molecule has 0 spiro atoms. The molecule has 0 saturated heterocycles. The minimum Gasteiger partial charge on any atom is -0.392 e. The van der Waals surface area contributed by atoms with Crippen molar-refractivity contribution in [3.8, 4) is 0 Å². The molecule has 2 aromatic heterocycles. The van der Waals surface area contributed by atoms with Crippen molar-refractivity contribution < 1.29 is 5.11 Å². The summed E-state index contributed by atoms with van der Waals surface area (Å²) < 4.78 is 0. The van der Waals surface area contributed by atoms with Crippen LogP contribution < -0.4 is 21.3 Å². The van der Waals surface area contributed by atoms with Gasteiger partial charge in [0, 0.05) is 26.7 Å². The highest BCUT2D eigenvalue weighted by Gasteiger charge is 2.15. The molecular weight excluding hydrogens is 308 g/mol. The average Bonchev–Trinajstić information content (AvgIpc) is 2.58. The van der Waals surface area contributed by atoms with Crippen molar-refractivity contribution >= 4 is 34.6 Å². The first-order valence-corrected chi connectivity index (χ1v) is 8.12. The van der Waals surface area contributed by atoms with Gasteiger partial charge in [-0.25, -0.2) is 9.97 Å². The number of hydrogen-bond acceptors (Lipinski definition) is 9.